The first-order valence-corrected chi connectivity index (χ1v) is 6.27. The third-order valence-electron chi connectivity index (χ3n) is 3.37. The van der Waals surface area contributed by atoms with Gasteiger partial charge in [-0.25, -0.2) is 4.79 Å². The summed E-state index contributed by atoms with van der Waals surface area (Å²) < 4.78 is 4.82. The Morgan fingerprint density at radius 2 is 2.05 bits per heavy atom. The molecule has 2 atom stereocenters. The van der Waals surface area contributed by atoms with E-state index in [2.05, 4.69) is 5.32 Å². The normalized spacial score (nSPS) is 25.1. The number of ether oxygens (including phenoxy) is 1. The second-order valence-electron chi connectivity index (χ2n) is 4.53. The maximum absolute atomic E-state index is 12.1. The summed E-state index contributed by atoms with van der Waals surface area (Å²) >= 11 is 0. The van der Waals surface area contributed by atoms with Crippen LogP contribution in [0.4, 0.5) is 0 Å². The molecule has 0 bridgehead atoms. The minimum Gasteiger partial charge on any atom is -0.547 e. The van der Waals surface area contributed by atoms with E-state index in [9.17, 15) is 19.5 Å². The molecule has 1 N–H and O–H groups in total. The van der Waals surface area contributed by atoms with Crippen LogP contribution in [0.25, 0.3) is 0 Å². The number of hydrogen-bond donors (Lipinski definition) is 1. The van der Waals surface area contributed by atoms with E-state index in [1.165, 1.54) is 0 Å². The van der Waals surface area contributed by atoms with Gasteiger partial charge in [-0.3, -0.25) is 4.79 Å². The fourth-order valence-electron chi connectivity index (χ4n) is 2.46. The maximum Gasteiger partial charge on any atom is 0.338 e. The molecule has 20 heavy (non-hydrogen) atoms. The molecule has 1 aromatic rings. The quantitative estimate of drug-likeness (QED) is 0.582. The summed E-state index contributed by atoms with van der Waals surface area (Å²) in [5.41, 5.74) is -1.59. The second-order valence-corrected chi connectivity index (χ2v) is 4.53. The zero-order valence-electron chi connectivity index (χ0n) is 10.9. The molecule has 0 radical (unpaired) electrons. The molecule has 106 valence electrons. The molecule has 0 spiro atoms. The lowest BCUT2D eigenvalue weighted by molar-refractivity contribution is -0.313. The highest BCUT2D eigenvalue weighted by atomic mass is 16.5. The molecule has 1 saturated heterocycles. The van der Waals surface area contributed by atoms with Gasteiger partial charge in [0.2, 0.25) is 5.91 Å². The summed E-state index contributed by atoms with van der Waals surface area (Å²) in [7, 11) is 0. The van der Waals surface area contributed by atoms with E-state index >= 15 is 0 Å². The number of nitrogens with one attached hydrogen (secondary N) is 1. The van der Waals surface area contributed by atoms with Crippen molar-refractivity contribution >= 4 is 17.8 Å². The lowest BCUT2D eigenvalue weighted by atomic mass is 9.80. The molecule has 6 heteroatoms. The Balaban J connectivity index is 2.50. The minimum absolute atomic E-state index is 0.0191. The third-order valence-corrected chi connectivity index (χ3v) is 3.37. The van der Waals surface area contributed by atoms with E-state index in [-0.39, 0.29) is 13.0 Å². The van der Waals surface area contributed by atoms with Crippen molar-refractivity contribution in [3.05, 3.63) is 35.9 Å². The van der Waals surface area contributed by atoms with E-state index in [0.717, 1.165) is 0 Å². The smallest absolute Gasteiger partial charge is 0.338 e. The molecule has 1 fully saturated rings. The predicted octanol–water partition coefficient (Wildman–Crippen LogP) is -0.658. The number of amides is 1. The number of aliphatic carboxylic acids is 1. The number of esters is 1. The average molecular weight is 276 g/mol. The zero-order valence-corrected chi connectivity index (χ0v) is 10.9. The molecular weight excluding hydrogens is 262 g/mol. The number of rotatable bonds is 4. The Labute approximate surface area is 115 Å². The lowest BCUT2D eigenvalue weighted by Gasteiger charge is -2.33. The van der Waals surface area contributed by atoms with Crippen molar-refractivity contribution in [2.75, 3.05) is 6.61 Å². The summed E-state index contributed by atoms with van der Waals surface area (Å²) in [6.45, 7) is 1.58. The summed E-state index contributed by atoms with van der Waals surface area (Å²) in [6.07, 6.45) is -0.100. The Kier molecular flexibility index (Phi) is 3.74. The van der Waals surface area contributed by atoms with Gasteiger partial charge >= 0.3 is 5.97 Å². The van der Waals surface area contributed by atoms with Crippen LogP contribution in [-0.2, 0) is 19.1 Å². The second kappa shape index (κ2) is 5.32. The van der Waals surface area contributed by atoms with Crippen molar-refractivity contribution < 1.29 is 24.2 Å². The molecule has 1 aromatic carbocycles. The third kappa shape index (κ3) is 2.13. The average Bonchev–Trinajstić information content (AvgIpc) is 2.79. The molecule has 1 amide bonds. The maximum atomic E-state index is 12.1. The number of carboxylic acid groups (broad SMARTS) is 1. The van der Waals surface area contributed by atoms with Crippen LogP contribution in [0, 0.1) is 0 Å². The highest BCUT2D eigenvalue weighted by Crippen LogP contribution is 2.37. The van der Waals surface area contributed by atoms with Gasteiger partial charge in [0, 0.05) is 12.3 Å². The van der Waals surface area contributed by atoms with Crippen LogP contribution in [0.2, 0.25) is 0 Å². The van der Waals surface area contributed by atoms with Crippen LogP contribution in [-0.4, -0.2) is 30.0 Å². The fraction of sp³-hybridized carbons (Fsp3) is 0.357. The Morgan fingerprint density at radius 1 is 1.40 bits per heavy atom. The highest BCUT2D eigenvalue weighted by Gasteiger charge is 2.55. The van der Waals surface area contributed by atoms with Gasteiger partial charge in [0.1, 0.15) is 0 Å². The van der Waals surface area contributed by atoms with Gasteiger partial charge in [0.05, 0.1) is 12.6 Å². The van der Waals surface area contributed by atoms with Gasteiger partial charge in [-0.15, -0.1) is 0 Å². The first-order chi connectivity index (χ1) is 9.52. The Bertz CT molecular complexity index is 542. The van der Waals surface area contributed by atoms with E-state index in [0.29, 0.717) is 5.56 Å². The summed E-state index contributed by atoms with van der Waals surface area (Å²) in [6, 6.07) is 8.52. The molecule has 1 aliphatic heterocycles. The van der Waals surface area contributed by atoms with Crippen LogP contribution in [0.15, 0.2) is 30.3 Å². The molecule has 1 heterocycles. The van der Waals surface area contributed by atoms with Gasteiger partial charge in [0.25, 0.3) is 0 Å². The van der Waals surface area contributed by atoms with Gasteiger partial charge in [-0.1, -0.05) is 30.3 Å². The van der Waals surface area contributed by atoms with Crippen LogP contribution in [0.5, 0.6) is 0 Å². The van der Waals surface area contributed by atoms with E-state index in [1.54, 1.807) is 37.3 Å². The highest BCUT2D eigenvalue weighted by molar-refractivity contribution is 6.10. The SMILES string of the molecule is CCOC(=O)[C@@]1(C(=O)[O-])NC(=O)C[C@H]1c1ccccc1. The first-order valence-electron chi connectivity index (χ1n) is 6.27. The molecule has 0 aromatic heterocycles. The summed E-state index contributed by atoms with van der Waals surface area (Å²) in [5, 5.41) is 13.8. The number of hydrogen-bond acceptors (Lipinski definition) is 5. The van der Waals surface area contributed by atoms with Crippen LogP contribution >= 0.6 is 0 Å². The topological polar surface area (TPSA) is 95.5 Å². The largest absolute Gasteiger partial charge is 0.547 e. The molecule has 2 rings (SSSR count). The minimum atomic E-state index is -2.16. The van der Waals surface area contributed by atoms with Crippen LogP contribution < -0.4 is 10.4 Å². The van der Waals surface area contributed by atoms with Gasteiger partial charge in [-0.2, -0.15) is 0 Å². The van der Waals surface area contributed by atoms with Gasteiger partial charge in [-0.05, 0) is 12.5 Å². The molecule has 1 aliphatic rings. The van der Waals surface area contributed by atoms with E-state index < -0.39 is 29.3 Å². The number of benzene rings is 1. The lowest BCUT2D eigenvalue weighted by Crippen LogP contribution is -2.64. The fourth-order valence-corrected chi connectivity index (χ4v) is 2.46. The molecule has 0 saturated carbocycles. The molecule has 6 nitrogen and oxygen atoms in total. The van der Waals surface area contributed by atoms with Crippen LogP contribution in [0.3, 0.4) is 0 Å². The molecule has 0 unspecified atom stereocenters. The predicted molar refractivity (Wildman–Crippen MR) is 66.3 cm³/mol. The Hall–Kier alpha value is -2.37. The van der Waals surface area contributed by atoms with Crippen molar-refractivity contribution in [2.24, 2.45) is 0 Å². The number of carbonyl (C=O) groups is 3. The van der Waals surface area contributed by atoms with E-state index in [4.69, 9.17) is 4.74 Å². The van der Waals surface area contributed by atoms with Crippen molar-refractivity contribution in [2.45, 2.75) is 24.8 Å². The van der Waals surface area contributed by atoms with Crippen molar-refractivity contribution in [3.8, 4) is 0 Å². The van der Waals surface area contributed by atoms with Crippen LogP contribution in [0.1, 0.15) is 24.8 Å². The van der Waals surface area contributed by atoms with Gasteiger partial charge in [0.15, 0.2) is 5.54 Å². The Morgan fingerprint density at radius 3 is 2.60 bits per heavy atom. The van der Waals surface area contributed by atoms with Gasteiger partial charge < -0.3 is 20.0 Å². The summed E-state index contributed by atoms with van der Waals surface area (Å²) in [4.78, 5) is 35.3. The standard InChI is InChI=1S/C14H15NO5/c1-2-20-13(19)14(12(17)18)10(8-11(16)15-14)9-6-4-3-5-7-9/h3-7,10H,2,8H2,1H3,(H,15,16)(H,17,18)/p-1/t10-,14+/m0/s1. The zero-order chi connectivity index (χ0) is 14.8. The van der Waals surface area contributed by atoms with E-state index in [1.807, 2.05) is 0 Å². The van der Waals surface area contributed by atoms with Crippen molar-refractivity contribution in [3.63, 3.8) is 0 Å². The number of carbonyl (C=O) groups excluding carboxylic acids is 3. The van der Waals surface area contributed by atoms with Crippen molar-refractivity contribution in [1.82, 2.24) is 5.32 Å². The van der Waals surface area contributed by atoms with Crippen molar-refractivity contribution in [1.29, 1.82) is 0 Å². The molecular formula is C14H14NO5-. The summed E-state index contributed by atoms with van der Waals surface area (Å²) in [5.74, 6) is -4.02. The molecule has 0 aliphatic carbocycles. The number of carboxylic acids is 1. The first kappa shape index (κ1) is 14.0. The monoisotopic (exact) mass is 276 g/mol.